The van der Waals surface area contributed by atoms with Gasteiger partial charge in [-0.25, -0.2) is 17.2 Å². The van der Waals surface area contributed by atoms with Crippen molar-refractivity contribution in [3.8, 4) is 0 Å². The zero-order valence-electron chi connectivity index (χ0n) is 23.0. The van der Waals surface area contributed by atoms with Gasteiger partial charge >= 0.3 is 0 Å². The third-order valence-corrected chi connectivity index (χ3v) is 8.09. The zero-order chi connectivity index (χ0) is 30.0. The fourth-order valence-electron chi connectivity index (χ4n) is 4.40. The predicted molar refractivity (Wildman–Crippen MR) is 160 cm³/mol. The first-order valence-corrected chi connectivity index (χ1v) is 15.9. The van der Waals surface area contributed by atoms with Crippen LogP contribution in [0.3, 0.4) is 0 Å². The predicted octanol–water partition coefficient (Wildman–Crippen LogP) is 5.44. The number of benzene rings is 3. The summed E-state index contributed by atoms with van der Waals surface area (Å²) in [5.41, 5.74) is 1.66. The van der Waals surface area contributed by atoms with Gasteiger partial charge in [0.05, 0.1) is 11.9 Å². The second kappa shape index (κ2) is 15.1. The molecule has 0 radical (unpaired) electrons. The van der Waals surface area contributed by atoms with E-state index in [9.17, 15) is 26.8 Å². The second-order valence-electron chi connectivity index (χ2n) is 9.69. The van der Waals surface area contributed by atoms with E-state index in [1.807, 2.05) is 61.5 Å². The molecule has 3 aromatic rings. The van der Waals surface area contributed by atoms with E-state index in [-0.39, 0.29) is 43.4 Å². The van der Waals surface area contributed by atoms with Crippen LogP contribution in [-0.4, -0.2) is 50.5 Å². The summed E-state index contributed by atoms with van der Waals surface area (Å²) in [7, 11) is -3.85. The summed E-state index contributed by atoms with van der Waals surface area (Å²) in [5, 5.41) is 2.91. The van der Waals surface area contributed by atoms with Gasteiger partial charge < -0.3 is 10.2 Å². The fraction of sp³-hybridized carbons (Fsp3) is 0.333. The van der Waals surface area contributed by atoms with Crippen molar-refractivity contribution in [2.24, 2.45) is 0 Å². The maximum absolute atomic E-state index is 13.9. The van der Waals surface area contributed by atoms with Gasteiger partial charge in [-0.1, -0.05) is 65.3 Å². The third kappa shape index (κ3) is 9.64. The maximum Gasteiger partial charge on any atom is 0.243 e. The zero-order valence-corrected chi connectivity index (χ0v) is 25.4. The highest BCUT2D eigenvalue weighted by atomic mass is 79.9. The topological polar surface area (TPSA) is 86.8 Å². The minimum absolute atomic E-state index is 0.0364. The molecule has 0 fully saturated rings. The summed E-state index contributed by atoms with van der Waals surface area (Å²) in [4.78, 5) is 28.7. The van der Waals surface area contributed by atoms with Crippen molar-refractivity contribution < 1.29 is 26.8 Å². The Morgan fingerprint density at radius 1 is 0.951 bits per heavy atom. The Labute approximate surface area is 248 Å². The normalized spacial score (nSPS) is 12.0. The average molecular weight is 651 g/mol. The molecule has 0 aliphatic heterocycles. The molecule has 0 aromatic heterocycles. The third-order valence-electron chi connectivity index (χ3n) is 6.41. The number of nitrogens with zero attached hydrogens (tertiary/aromatic N) is 2. The fourth-order valence-corrected chi connectivity index (χ4v) is 5.80. The Hall–Kier alpha value is -3.31. The molecule has 0 saturated carbocycles. The van der Waals surface area contributed by atoms with E-state index in [4.69, 9.17) is 0 Å². The van der Waals surface area contributed by atoms with Crippen molar-refractivity contribution in [1.29, 1.82) is 0 Å². The lowest BCUT2D eigenvalue weighted by molar-refractivity contribution is -0.141. The first-order chi connectivity index (χ1) is 19.5. The monoisotopic (exact) mass is 649 g/mol. The molecule has 220 valence electrons. The Bertz CT molecular complexity index is 1440. The SMILES string of the molecule is CCCNC(=O)C(Cc1ccccc1)N(Cc1cccc(Br)c1)C(=O)CCCN(c1ccc(F)c(F)c1)S(C)(=O)=O. The highest BCUT2D eigenvalue weighted by Gasteiger charge is 2.30. The number of hydrogen-bond acceptors (Lipinski definition) is 4. The van der Waals surface area contributed by atoms with Crippen LogP contribution >= 0.6 is 15.9 Å². The van der Waals surface area contributed by atoms with Gasteiger partial charge in [-0.15, -0.1) is 0 Å². The quantitative estimate of drug-likeness (QED) is 0.252. The van der Waals surface area contributed by atoms with E-state index < -0.39 is 27.7 Å². The lowest BCUT2D eigenvalue weighted by Crippen LogP contribution is -2.50. The van der Waals surface area contributed by atoms with Gasteiger partial charge in [0, 0.05) is 43.0 Å². The summed E-state index contributed by atoms with van der Waals surface area (Å²) in [6.07, 6.45) is 2.00. The Morgan fingerprint density at radius 2 is 1.66 bits per heavy atom. The number of carbonyl (C=O) groups is 2. The summed E-state index contributed by atoms with van der Waals surface area (Å²) < 4.78 is 54.0. The molecule has 0 heterocycles. The standard InChI is InChI=1S/C30H34BrF2N3O4S/c1-3-16-34-30(38)28(19-22-9-5-4-6-10-22)35(21-23-11-7-12-24(31)18-23)29(37)13-8-17-36(41(2,39)40)25-14-15-26(32)27(33)20-25/h4-7,9-12,14-15,18,20,28H,3,8,13,16-17,19,21H2,1-2H3,(H,34,38). The number of rotatable bonds is 14. The molecule has 0 aliphatic carbocycles. The van der Waals surface area contributed by atoms with E-state index in [0.29, 0.717) is 13.0 Å². The summed E-state index contributed by atoms with van der Waals surface area (Å²) in [6.45, 7) is 2.43. The highest BCUT2D eigenvalue weighted by molar-refractivity contribution is 9.10. The largest absolute Gasteiger partial charge is 0.354 e. The number of carbonyl (C=O) groups excluding carboxylic acids is 2. The first kappa shape index (κ1) is 32.2. The van der Waals surface area contributed by atoms with Crippen molar-refractivity contribution in [2.75, 3.05) is 23.7 Å². The Balaban J connectivity index is 1.88. The van der Waals surface area contributed by atoms with Crippen molar-refractivity contribution in [3.05, 3.63) is 100 Å². The van der Waals surface area contributed by atoms with Crippen LogP contribution in [0.15, 0.2) is 77.3 Å². The number of halogens is 3. The smallest absolute Gasteiger partial charge is 0.243 e. The number of nitrogens with one attached hydrogen (secondary N) is 1. The minimum Gasteiger partial charge on any atom is -0.354 e. The summed E-state index contributed by atoms with van der Waals surface area (Å²) >= 11 is 3.46. The lowest BCUT2D eigenvalue weighted by Gasteiger charge is -2.32. The molecule has 0 aliphatic rings. The van der Waals surface area contributed by atoms with Gasteiger partial charge in [0.15, 0.2) is 11.6 Å². The van der Waals surface area contributed by atoms with Crippen molar-refractivity contribution in [1.82, 2.24) is 10.2 Å². The van der Waals surface area contributed by atoms with Crippen molar-refractivity contribution in [2.45, 2.75) is 45.2 Å². The maximum atomic E-state index is 13.9. The van der Waals surface area contributed by atoms with Crippen molar-refractivity contribution in [3.63, 3.8) is 0 Å². The molecule has 3 aromatic carbocycles. The molecule has 0 saturated heterocycles. The van der Waals surface area contributed by atoms with E-state index >= 15 is 0 Å². The van der Waals surface area contributed by atoms with Gasteiger partial charge in [-0.05, 0) is 48.2 Å². The molecule has 0 bridgehead atoms. The van der Waals surface area contributed by atoms with Crippen LogP contribution < -0.4 is 9.62 Å². The number of sulfonamides is 1. The molecular formula is C30H34BrF2N3O4S. The van der Waals surface area contributed by atoms with Gasteiger partial charge in [0.25, 0.3) is 0 Å². The molecule has 1 atom stereocenters. The van der Waals surface area contributed by atoms with Crippen LogP contribution in [0.5, 0.6) is 0 Å². The summed E-state index contributed by atoms with van der Waals surface area (Å²) in [5.74, 6) is -2.88. The number of amides is 2. The Kier molecular flexibility index (Phi) is 11.8. The molecule has 11 heteroatoms. The molecular weight excluding hydrogens is 616 g/mol. The first-order valence-electron chi connectivity index (χ1n) is 13.3. The lowest BCUT2D eigenvalue weighted by atomic mass is 10.0. The average Bonchev–Trinajstić information content (AvgIpc) is 2.93. The minimum atomic E-state index is -3.85. The van der Waals surface area contributed by atoms with Crippen LogP contribution in [0.4, 0.5) is 14.5 Å². The molecule has 2 amide bonds. The van der Waals surface area contributed by atoms with E-state index in [1.54, 1.807) is 0 Å². The second-order valence-corrected chi connectivity index (χ2v) is 12.5. The van der Waals surface area contributed by atoms with Gasteiger partial charge in [-0.2, -0.15) is 0 Å². The Morgan fingerprint density at radius 3 is 2.29 bits per heavy atom. The number of anilines is 1. The molecule has 1 unspecified atom stereocenters. The van der Waals surface area contributed by atoms with Crippen LogP contribution in [-0.2, 0) is 32.6 Å². The molecule has 1 N–H and O–H groups in total. The van der Waals surface area contributed by atoms with Gasteiger partial charge in [-0.3, -0.25) is 13.9 Å². The van der Waals surface area contributed by atoms with E-state index in [0.717, 1.165) is 44.7 Å². The molecule has 41 heavy (non-hydrogen) atoms. The van der Waals surface area contributed by atoms with Crippen LogP contribution in [0, 0.1) is 11.6 Å². The molecule has 7 nitrogen and oxygen atoms in total. The van der Waals surface area contributed by atoms with Gasteiger partial charge in [0.2, 0.25) is 21.8 Å². The highest BCUT2D eigenvalue weighted by Crippen LogP contribution is 2.23. The van der Waals surface area contributed by atoms with Crippen LogP contribution in [0.1, 0.15) is 37.3 Å². The summed E-state index contributed by atoms with van der Waals surface area (Å²) in [6, 6.07) is 18.9. The van der Waals surface area contributed by atoms with Crippen LogP contribution in [0.25, 0.3) is 0 Å². The van der Waals surface area contributed by atoms with Crippen LogP contribution in [0.2, 0.25) is 0 Å². The van der Waals surface area contributed by atoms with Gasteiger partial charge in [0.1, 0.15) is 6.04 Å². The van der Waals surface area contributed by atoms with E-state index in [1.165, 1.54) is 11.0 Å². The molecule has 0 spiro atoms. The number of hydrogen-bond donors (Lipinski definition) is 1. The van der Waals surface area contributed by atoms with E-state index in [2.05, 4.69) is 21.2 Å². The van der Waals surface area contributed by atoms with Crippen molar-refractivity contribution >= 4 is 43.5 Å². The molecule has 3 rings (SSSR count).